The summed E-state index contributed by atoms with van der Waals surface area (Å²) in [6, 6.07) is 19.1. The average Bonchev–Trinajstić information content (AvgIpc) is 3.37. The minimum Gasteiger partial charge on any atom is -0.393 e. The van der Waals surface area contributed by atoms with Gasteiger partial charge in [0.15, 0.2) is 5.78 Å². The van der Waals surface area contributed by atoms with E-state index in [4.69, 9.17) is 16.7 Å². The summed E-state index contributed by atoms with van der Waals surface area (Å²) in [6.45, 7) is 0. The van der Waals surface area contributed by atoms with Crippen molar-refractivity contribution in [2.45, 2.75) is 31.8 Å². The zero-order valence-electron chi connectivity index (χ0n) is 17.3. The molecule has 0 bridgehead atoms. The fourth-order valence-electron chi connectivity index (χ4n) is 4.53. The van der Waals surface area contributed by atoms with Crippen molar-refractivity contribution in [3.05, 3.63) is 83.1 Å². The number of carbonyl (C=O) groups excluding carboxylic acids is 1. The van der Waals surface area contributed by atoms with E-state index in [1.54, 1.807) is 16.8 Å². The first kappa shape index (κ1) is 20.9. The summed E-state index contributed by atoms with van der Waals surface area (Å²) in [4.78, 5) is 13.0. The number of Topliss-reactive ketones (excluding diaryl/α,β-unsaturated/α-hetero) is 1. The second kappa shape index (κ2) is 8.49. The largest absolute Gasteiger partial charge is 0.393 e. The van der Waals surface area contributed by atoms with Crippen molar-refractivity contribution in [2.24, 2.45) is 5.92 Å². The fraction of sp³-hybridized carbons (Fsp3) is 0.231. The average molecular weight is 449 g/mol. The van der Waals surface area contributed by atoms with Crippen LogP contribution in [0.15, 0.2) is 66.7 Å². The number of fused-ring (bicyclic) bond motifs is 1. The van der Waals surface area contributed by atoms with Crippen molar-refractivity contribution in [2.75, 3.05) is 0 Å². The van der Waals surface area contributed by atoms with E-state index in [2.05, 4.69) is 0 Å². The Labute approximate surface area is 190 Å². The molecule has 3 aromatic carbocycles. The molecule has 6 heteroatoms. The van der Waals surface area contributed by atoms with Crippen molar-refractivity contribution in [1.29, 1.82) is 0 Å². The number of rotatable bonds is 5. The number of benzene rings is 3. The molecule has 1 aliphatic rings. The smallest absolute Gasteiger partial charge is 0.163 e. The molecule has 162 valence electrons. The topological polar surface area (TPSA) is 55.1 Å². The molecule has 0 unspecified atom stereocenters. The van der Waals surface area contributed by atoms with Gasteiger partial charge in [-0.3, -0.25) is 4.79 Å². The molecule has 1 N–H and O–H groups in total. The first-order valence-corrected chi connectivity index (χ1v) is 11.1. The van der Waals surface area contributed by atoms with Crippen LogP contribution in [0.3, 0.4) is 0 Å². The quantitative estimate of drug-likeness (QED) is 0.369. The molecule has 2 atom stereocenters. The Morgan fingerprint density at radius 2 is 1.88 bits per heavy atom. The van der Waals surface area contributed by atoms with Gasteiger partial charge < -0.3 is 5.11 Å². The van der Waals surface area contributed by atoms with E-state index >= 15 is 0 Å². The predicted octanol–water partition coefficient (Wildman–Crippen LogP) is 6.22. The molecule has 0 saturated heterocycles. The summed E-state index contributed by atoms with van der Waals surface area (Å²) < 4.78 is 15.2. The van der Waals surface area contributed by atoms with Gasteiger partial charge in [0, 0.05) is 22.9 Å². The summed E-state index contributed by atoms with van der Waals surface area (Å²) in [5.74, 6) is -0.314. The molecule has 4 aromatic rings. The molecule has 1 heterocycles. The lowest BCUT2D eigenvalue weighted by molar-refractivity contribution is 0.0868. The van der Waals surface area contributed by atoms with Gasteiger partial charge >= 0.3 is 0 Å². The van der Waals surface area contributed by atoms with Gasteiger partial charge in [0.05, 0.1) is 22.3 Å². The highest BCUT2D eigenvalue weighted by Gasteiger charge is 2.28. The lowest BCUT2D eigenvalue weighted by atomic mass is 9.94. The van der Waals surface area contributed by atoms with E-state index in [1.807, 2.05) is 42.5 Å². The summed E-state index contributed by atoms with van der Waals surface area (Å²) >= 11 is 6.45. The van der Waals surface area contributed by atoms with E-state index in [0.717, 1.165) is 35.7 Å². The van der Waals surface area contributed by atoms with Crippen molar-refractivity contribution in [3.8, 4) is 16.9 Å². The van der Waals surface area contributed by atoms with Gasteiger partial charge in [-0.1, -0.05) is 42.3 Å². The van der Waals surface area contributed by atoms with Gasteiger partial charge in [-0.05, 0) is 61.2 Å². The van der Waals surface area contributed by atoms with Gasteiger partial charge in [0.1, 0.15) is 11.5 Å². The SMILES string of the molecule is O=C(C[C@H]1CCC[C@@H]1O)c1ccc2c(-c3ccccc3Cl)nn(-c3ccc(F)cc3)c2c1. The number of hydrogen-bond acceptors (Lipinski definition) is 3. The Morgan fingerprint density at radius 3 is 2.59 bits per heavy atom. The zero-order valence-corrected chi connectivity index (χ0v) is 18.1. The molecule has 0 spiro atoms. The summed E-state index contributed by atoms with van der Waals surface area (Å²) in [6.07, 6.45) is 2.51. The molecule has 0 aliphatic heterocycles. The van der Waals surface area contributed by atoms with Gasteiger partial charge in [-0.15, -0.1) is 0 Å². The number of nitrogens with zero attached hydrogens (tertiary/aromatic N) is 2. The van der Waals surface area contributed by atoms with Crippen LogP contribution >= 0.6 is 11.6 Å². The maximum Gasteiger partial charge on any atom is 0.163 e. The van der Waals surface area contributed by atoms with E-state index in [0.29, 0.717) is 28.4 Å². The van der Waals surface area contributed by atoms with Crippen molar-refractivity contribution >= 4 is 28.3 Å². The zero-order chi connectivity index (χ0) is 22.2. The minimum absolute atomic E-state index is 0.00370. The van der Waals surface area contributed by atoms with Crippen molar-refractivity contribution in [3.63, 3.8) is 0 Å². The number of carbonyl (C=O) groups is 1. The summed E-state index contributed by atoms with van der Waals surface area (Å²) in [5.41, 5.74) is 3.48. The van der Waals surface area contributed by atoms with Crippen LogP contribution in [0.5, 0.6) is 0 Å². The number of aromatic nitrogens is 2. The van der Waals surface area contributed by atoms with Gasteiger partial charge in [-0.2, -0.15) is 5.10 Å². The summed E-state index contributed by atoms with van der Waals surface area (Å²) in [5, 5.41) is 16.3. The second-order valence-electron chi connectivity index (χ2n) is 8.33. The molecule has 4 nitrogen and oxygen atoms in total. The van der Waals surface area contributed by atoms with Crippen LogP contribution in [0.2, 0.25) is 5.02 Å². The highest BCUT2D eigenvalue weighted by atomic mass is 35.5. The lowest BCUT2D eigenvalue weighted by Gasteiger charge is -2.13. The minimum atomic E-state index is -0.403. The second-order valence-corrected chi connectivity index (χ2v) is 8.74. The van der Waals surface area contributed by atoms with E-state index in [1.165, 1.54) is 12.1 Å². The molecule has 0 radical (unpaired) electrons. The monoisotopic (exact) mass is 448 g/mol. The fourth-order valence-corrected chi connectivity index (χ4v) is 4.76. The molecule has 5 rings (SSSR count). The molecule has 1 aromatic heterocycles. The van der Waals surface area contributed by atoms with Crippen LogP contribution in [-0.2, 0) is 0 Å². The van der Waals surface area contributed by atoms with Crippen LogP contribution < -0.4 is 0 Å². The number of aliphatic hydroxyl groups is 1. The molecule has 1 fully saturated rings. The molecular formula is C26H22ClFN2O2. The van der Waals surface area contributed by atoms with Crippen molar-refractivity contribution in [1.82, 2.24) is 9.78 Å². The number of hydrogen-bond donors (Lipinski definition) is 1. The third kappa shape index (κ3) is 3.83. The third-order valence-electron chi connectivity index (χ3n) is 6.27. The molecule has 1 saturated carbocycles. The van der Waals surface area contributed by atoms with E-state index in [9.17, 15) is 14.3 Å². The number of halogens is 2. The first-order chi connectivity index (χ1) is 15.5. The van der Waals surface area contributed by atoms with Crippen LogP contribution in [0.4, 0.5) is 4.39 Å². The molecule has 32 heavy (non-hydrogen) atoms. The van der Waals surface area contributed by atoms with Crippen LogP contribution in [-0.4, -0.2) is 26.8 Å². The Bertz CT molecular complexity index is 1300. The third-order valence-corrected chi connectivity index (χ3v) is 6.60. The van der Waals surface area contributed by atoms with Gasteiger partial charge in [0.2, 0.25) is 0 Å². The van der Waals surface area contributed by atoms with Crippen LogP contribution in [0, 0.1) is 11.7 Å². The Morgan fingerprint density at radius 1 is 1.09 bits per heavy atom. The first-order valence-electron chi connectivity index (χ1n) is 10.8. The lowest BCUT2D eigenvalue weighted by Crippen LogP contribution is -2.17. The molecular weight excluding hydrogens is 427 g/mol. The Balaban J connectivity index is 1.63. The van der Waals surface area contributed by atoms with Gasteiger partial charge in [0.25, 0.3) is 0 Å². The Kier molecular flexibility index (Phi) is 5.53. The maximum atomic E-state index is 13.5. The number of ketones is 1. The Hall–Kier alpha value is -3.02. The highest BCUT2D eigenvalue weighted by molar-refractivity contribution is 6.33. The maximum absolute atomic E-state index is 13.5. The molecule has 1 aliphatic carbocycles. The van der Waals surface area contributed by atoms with E-state index < -0.39 is 6.10 Å². The number of aliphatic hydroxyl groups excluding tert-OH is 1. The summed E-state index contributed by atoms with van der Waals surface area (Å²) in [7, 11) is 0. The van der Waals surface area contributed by atoms with Crippen LogP contribution in [0.25, 0.3) is 27.8 Å². The normalized spacial score (nSPS) is 18.3. The molecule has 0 amide bonds. The van der Waals surface area contributed by atoms with Crippen molar-refractivity contribution < 1.29 is 14.3 Å². The highest BCUT2D eigenvalue weighted by Crippen LogP contribution is 2.35. The predicted molar refractivity (Wildman–Crippen MR) is 124 cm³/mol. The standard InChI is InChI=1S/C26H22ClFN2O2/c27-22-6-2-1-5-20(22)26-21-13-8-17(25(32)15-16-4-3-7-24(16)31)14-23(21)30(29-26)19-11-9-18(28)10-12-19/h1-2,5-6,8-14,16,24,31H,3-4,7,15H2/t16-,24+/m1/s1. The van der Waals surface area contributed by atoms with Crippen LogP contribution in [0.1, 0.15) is 36.0 Å². The van der Waals surface area contributed by atoms with E-state index in [-0.39, 0.29) is 17.5 Å². The van der Waals surface area contributed by atoms with Gasteiger partial charge in [-0.25, -0.2) is 9.07 Å².